The molecule has 0 aliphatic rings. The quantitative estimate of drug-likeness (QED) is 0.938. The molecule has 0 unspecified atom stereocenters. The van der Waals surface area contributed by atoms with Gasteiger partial charge in [0.25, 0.3) is 0 Å². The van der Waals surface area contributed by atoms with E-state index in [1.807, 2.05) is 0 Å². The highest BCUT2D eigenvalue weighted by Gasteiger charge is 2.22. The summed E-state index contributed by atoms with van der Waals surface area (Å²) in [6.07, 6.45) is 0. The van der Waals surface area contributed by atoms with Crippen LogP contribution in [-0.2, 0) is 16.6 Å². The Hall–Kier alpha value is -1.80. The number of sulfonamides is 1. The predicted molar refractivity (Wildman–Crippen MR) is 66.4 cm³/mol. The number of nitrogens with zero attached hydrogens (tertiary/aromatic N) is 1. The Morgan fingerprint density at radius 1 is 1.30 bits per heavy atom. The van der Waals surface area contributed by atoms with Gasteiger partial charge in [0.2, 0.25) is 10.0 Å². The number of nitrogens with one attached hydrogen (secondary N) is 1. The molecule has 5 nitrogen and oxygen atoms in total. The lowest BCUT2D eigenvalue weighted by molar-refractivity contribution is 0.392. The molecule has 0 amide bonds. The van der Waals surface area contributed by atoms with Gasteiger partial charge in [0.15, 0.2) is 11.6 Å². The first-order valence-corrected chi connectivity index (χ1v) is 7.16. The maximum atomic E-state index is 13.5. The lowest BCUT2D eigenvalue weighted by Gasteiger charge is -2.07. The fourth-order valence-electron chi connectivity index (χ4n) is 1.69. The van der Waals surface area contributed by atoms with Crippen LogP contribution >= 0.6 is 0 Å². The molecule has 0 fully saturated rings. The second-order valence-electron chi connectivity index (χ2n) is 4.18. The number of aryl methyl sites for hydroxylation is 2. The number of hydrogen-bond acceptors (Lipinski definition) is 4. The third-order valence-electron chi connectivity index (χ3n) is 2.83. The molecular weight excluding hydrogens is 290 g/mol. The summed E-state index contributed by atoms with van der Waals surface area (Å²) >= 11 is 0. The van der Waals surface area contributed by atoms with Gasteiger partial charge in [-0.05, 0) is 26.0 Å². The van der Waals surface area contributed by atoms with Crippen LogP contribution in [0.15, 0.2) is 27.6 Å². The Morgan fingerprint density at radius 2 is 2.00 bits per heavy atom. The molecule has 0 aliphatic heterocycles. The van der Waals surface area contributed by atoms with Gasteiger partial charge >= 0.3 is 0 Å². The minimum Gasteiger partial charge on any atom is -0.361 e. The second kappa shape index (κ2) is 5.29. The average Bonchev–Trinajstić information content (AvgIpc) is 2.70. The highest BCUT2D eigenvalue weighted by molar-refractivity contribution is 7.89. The smallest absolute Gasteiger partial charge is 0.243 e. The van der Waals surface area contributed by atoms with Gasteiger partial charge in [-0.25, -0.2) is 21.9 Å². The molecule has 2 rings (SSSR count). The van der Waals surface area contributed by atoms with Gasteiger partial charge in [-0.1, -0.05) is 11.2 Å². The summed E-state index contributed by atoms with van der Waals surface area (Å²) in [5.41, 5.74) is 1.09. The highest BCUT2D eigenvalue weighted by atomic mass is 32.2. The fourth-order valence-corrected chi connectivity index (χ4v) is 2.77. The zero-order chi connectivity index (χ0) is 14.9. The SMILES string of the molecule is Cc1noc(C)c1CNS(=O)(=O)c1cccc(F)c1F. The van der Waals surface area contributed by atoms with Crippen LogP contribution in [0.4, 0.5) is 8.78 Å². The summed E-state index contributed by atoms with van der Waals surface area (Å²) in [6, 6.07) is 2.97. The van der Waals surface area contributed by atoms with Gasteiger partial charge in [-0.15, -0.1) is 0 Å². The van der Waals surface area contributed by atoms with Crippen molar-refractivity contribution in [2.75, 3.05) is 0 Å². The molecule has 0 aliphatic carbocycles. The van der Waals surface area contributed by atoms with E-state index in [4.69, 9.17) is 4.52 Å². The molecule has 0 radical (unpaired) electrons. The van der Waals surface area contributed by atoms with Gasteiger partial charge in [0, 0.05) is 12.1 Å². The summed E-state index contributed by atoms with van der Waals surface area (Å²) in [7, 11) is -4.16. The molecule has 108 valence electrons. The first-order chi connectivity index (χ1) is 9.33. The summed E-state index contributed by atoms with van der Waals surface area (Å²) in [4.78, 5) is -0.732. The molecule has 8 heteroatoms. The Morgan fingerprint density at radius 3 is 2.60 bits per heavy atom. The van der Waals surface area contributed by atoms with Gasteiger partial charge in [-0.3, -0.25) is 0 Å². The van der Waals surface area contributed by atoms with E-state index < -0.39 is 26.6 Å². The molecule has 1 heterocycles. The van der Waals surface area contributed by atoms with Crippen LogP contribution in [0, 0.1) is 25.5 Å². The fraction of sp³-hybridized carbons (Fsp3) is 0.250. The van der Waals surface area contributed by atoms with Gasteiger partial charge in [0.05, 0.1) is 5.69 Å². The van der Waals surface area contributed by atoms with Crippen molar-refractivity contribution in [3.05, 3.63) is 46.9 Å². The first kappa shape index (κ1) is 14.6. The second-order valence-corrected chi connectivity index (χ2v) is 5.91. The van der Waals surface area contributed by atoms with Gasteiger partial charge < -0.3 is 4.52 Å². The van der Waals surface area contributed by atoms with E-state index in [2.05, 4.69) is 9.88 Å². The van der Waals surface area contributed by atoms with Crippen molar-refractivity contribution in [1.82, 2.24) is 9.88 Å². The van der Waals surface area contributed by atoms with E-state index in [0.717, 1.165) is 18.2 Å². The minimum absolute atomic E-state index is 0.112. The van der Waals surface area contributed by atoms with Crippen LogP contribution in [-0.4, -0.2) is 13.6 Å². The summed E-state index contributed by atoms with van der Waals surface area (Å²) in [5.74, 6) is -2.16. The first-order valence-electron chi connectivity index (χ1n) is 5.68. The minimum atomic E-state index is -4.16. The monoisotopic (exact) mass is 302 g/mol. The number of hydrogen-bond donors (Lipinski definition) is 1. The maximum Gasteiger partial charge on any atom is 0.243 e. The molecule has 1 N–H and O–H groups in total. The molecule has 0 saturated heterocycles. The van der Waals surface area contributed by atoms with E-state index in [1.54, 1.807) is 13.8 Å². The number of halogens is 2. The van der Waals surface area contributed by atoms with Crippen molar-refractivity contribution < 1.29 is 21.7 Å². The van der Waals surface area contributed by atoms with Crippen LogP contribution in [0.5, 0.6) is 0 Å². The molecule has 0 atom stereocenters. The number of rotatable bonds is 4. The van der Waals surface area contributed by atoms with Crippen LogP contribution < -0.4 is 4.72 Å². The highest BCUT2D eigenvalue weighted by Crippen LogP contribution is 2.18. The largest absolute Gasteiger partial charge is 0.361 e. The molecule has 1 aromatic carbocycles. The van der Waals surface area contributed by atoms with Crippen molar-refractivity contribution in [2.45, 2.75) is 25.3 Å². The molecule has 0 bridgehead atoms. The van der Waals surface area contributed by atoms with Crippen molar-refractivity contribution in [1.29, 1.82) is 0 Å². The van der Waals surface area contributed by atoms with E-state index in [0.29, 0.717) is 17.0 Å². The Labute approximate surface area is 114 Å². The zero-order valence-corrected chi connectivity index (χ0v) is 11.6. The Kier molecular flexibility index (Phi) is 3.87. The lowest BCUT2D eigenvalue weighted by Crippen LogP contribution is -2.25. The van der Waals surface area contributed by atoms with Crippen LogP contribution in [0.25, 0.3) is 0 Å². The predicted octanol–water partition coefficient (Wildman–Crippen LogP) is 2.05. The average molecular weight is 302 g/mol. The van der Waals surface area contributed by atoms with Crippen molar-refractivity contribution in [3.8, 4) is 0 Å². The molecule has 0 saturated carbocycles. The maximum absolute atomic E-state index is 13.5. The topological polar surface area (TPSA) is 72.2 Å². The lowest BCUT2D eigenvalue weighted by atomic mass is 10.2. The molecule has 2 aromatic rings. The molecule has 0 spiro atoms. The van der Waals surface area contributed by atoms with Crippen molar-refractivity contribution in [2.24, 2.45) is 0 Å². The van der Waals surface area contributed by atoms with Crippen LogP contribution in [0.3, 0.4) is 0 Å². The van der Waals surface area contributed by atoms with Gasteiger partial charge in [0.1, 0.15) is 10.7 Å². The Balaban J connectivity index is 2.26. The summed E-state index contributed by atoms with van der Waals surface area (Å²) in [6.45, 7) is 3.18. The normalized spacial score (nSPS) is 11.8. The van der Waals surface area contributed by atoms with E-state index in [9.17, 15) is 17.2 Å². The Bertz CT molecular complexity index is 722. The number of benzene rings is 1. The van der Waals surface area contributed by atoms with E-state index in [-0.39, 0.29) is 6.54 Å². The van der Waals surface area contributed by atoms with Gasteiger partial charge in [-0.2, -0.15) is 0 Å². The standard InChI is InChI=1S/C12H12F2N2O3S/c1-7-9(8(2)19-16-7)6-15-20(17,18)11-5-3-4-10(13)12(11)14/h3-5,15H,6H2,1-2H3. The van der Waals surface area contributed by atoms with Crippen molar-refractivity contribution in [3.63, 3.8) is 0 Å². The summed E-state index contributed by atoms with van der Waals surface area (Å²) < 4.78 is 57.5. The zero-order valence-electron chi connectivity index (χ0n) is 10.8. The molecular formula is C12H12F2N2O3S. The summed E-state index contributed by atoms with van der Waals surface area (Å²) in [5, 5.41) is 3.68. The van der Waals surface area contributed by atoms with Crippen molar-refractivity contribution >= 4 is 10.0 Å². The van der Waals surface area contributed by atoms with Crippen LogP contribution in [0.1, 0.15) is 17.0 Å². The third kappa shape index (κ3) is 2.70. The number of aromatic nitrogens is 1. The van der Waals surface area contributed by atoms with Crippen LogP contribution in [0.2, 0.25) is 0 Å². The molecule has 1 aromatic heterocycles. The van der Waals surface area contributed by atoms with E-state index in [1.165, 1.54) is 0 Å². The van der Waals surface area contributed by atoms with E-state index >= 15 is 0 Å². The molecule has 20 heavy (non-hydrogen) atoms. The third-order valence-corrected chi connectivity index (χ3v) is 4.24.